The topological polar surface area (TPSA) is 86.8 Å². The molecule has 4 N–H and O–H groups in total. The number of amides is 1. The molecule has 2 atom stereocenters. The van der Waals surface area contributed by atoms with Gasteiger partial charge in [-0.2, -0.15) is 0 Å². The Labute approximate surface area is 116 Å². The molecule has 2 unspecified atom stereocenters. The molecule has 1 heterocycles. The normalized spacial score (nSPS) is 22.5. The first-order chi connectivity index (χ1) is 8.97. The molecule has 0 radical (unpaired) electrons. The maximum atomic E-state index is 12.0. The van der Waals surface area contributed by atoms with Crippen LogP contribution in [-0.2, 0) is 11.2 Å². The Kier molecular flexibility index (Phi) is 4.14. The third kappa shape index (κ3) is 3.28. The zero-order chi connectivity index (χ0) is 14.0. The summed E-state index contributed by atoms with van der Waals surface area (Å²) in [5, 5.41) is 18.8. The Balaban J connectivity index is 1.97. The Morgan fingerprint density at radius 2 is 1.79 bits per heavy atom. The van der Waals surface area contributed by atoms with Crippen molar-refractivity contribution in [2.24, 2.45) is 5.73 Å². The number of thiocarbonyl (C=S) groups is 1. The third-order valence-electron chi connectivity index (χ3n) is 3.21. The summed E-state index contributed by atoms with van der Waals surface area (Å²) in [5.41, 5.74) is 7.11. The van der Waals surface area contributed by atoms with Crippen molar-refractivity contribution in [2.45, 2.75) is 18.6 Å². The molecular formula is C13H16N2O3S. The average molecular weight is 280 g/mol. The molecule has 102 valence electrons. The van der Waals surface area contributed by atoms with Crippen LogP contribution < -0.4 is 5.73 Å². The van der Waals surface area contributed by atoms with Crippen molar-refractivity contribution >= 4 is 23.1 Å². The number of hydrogen-bond donors (Lipinski definition) is 3. The maximum absolute atomic E-state index is 12.0. The van der Waals surface area contributed by atoms with Gasteiger partial charge in [-0.25, -0.2) is 0 Å². The first-order valence-corrected chi connectivity index (χ1v) is 6.41. The summed E-state index contributed by atoms with van der Waals surface area (Å²) in [6.07, 6.45) is -1.46. The number of benzene rings is 1. The molecule has 6 heteroatoms. The number of β-amino-alcohol motifs (C(OH)–C–C–N with tert-alkyl or cyclic N) is 2. The number of likely N-dealkylation sites (tertiary alicyclic amines) is 1. The number of nitrogens with zero attached hydrogens (tertiary/aromatic N) is 1. The fraction of sp³-hybridized carbons (Fsp3) is 0.385. The van der Waals surface area contributed by atoms with Crippen molar-refractivity contribution in [3.63, 3.8) is 0 Å². The summed E-state index contributed by atoms with van der Waals surface area (Å²) < 4.78 is 0. The van der Waals surface area contributed by atoms with Crippen LogP contribution in [0.1, 0.15) is 11.1 Å². The first-order valence-electron chi connectivity index (χ1n) is 6.00. The van der Waals surface area contributed by atoms with Crippen molar-refractivity contribution in [1.82, 2.24) is 4.90 Å². The van der Waals surface area contributed by atoms with Gasteiger partial charge in [-0.05, 0) is 5.56 Å². The van der Waals surface area contributed by atoms with E-state index in [4.69, 9.17) is 18.0 Å². The van der Waals surface area contributed by atoms with Crippen molar-refractivity contribution in [3.05, 3.63) is 35.4 Å². The second kappa shape index (κ2) is 5.64. The van der Waals surface area contributed by atoms with Gasteiger partial charge in [-0.3, -0.25) is 4.79 Å². The molecule has 1 aromatic rings. The largest absolute Gasteiger partial charge is 0.389 e. The van der Waals surface area contributed by atoms with Crippen molar-refractivity contribution < 1.29 is 15.0 Å². The zero-order valence-electron chi connectivity index (χ0n) is 10.3. The van der Waals surface area contributed by atoms with Crippen molar-refractivity contribution in [2.75, 3.05) is 13.1 Å². The van der Waals surface area contributed by atoms with Crippen molar-refractivity contribution in [1.29, 1.82) is 0 Å². The SMILES string of the molecule is NC(=S)c1ccc(CC(=O)N2CC(O)C(O)C2)cc1. The van der Waals surface area contributed by atoms with E-state index in [1.807, 2.05) is 0 Å². The summed E-state index contributed by atoms with van der Waals surface area (Å²) in [5.74, 6) is -0.112. The van der Waals surface area contributed by atoms with E-state index in [1.165, 1.54) is 4.90 Å². The molecule has 0 spiro atoms. The molecule has 0 aromatic heterocycles. The minimum Gasteiger partial charge on any atom is -0.389 e. The standard InChI is InChI=1S/C13H16N2O3S/c14-13(19)9-3-1-8(2-4-9)5-12(18)15-6-10(16)11(17)7-15/h1-4,10-11,16-17H,5-7H2,(H2,14,19). The van der Waals surface area contributed by atoms with E-state index in [0.717, 1.165) is 11.1 Å². The van der Waals surface area contributed by atoms with Gasteiger partial charge in [0.15, 0.2) is 0 Å². The summed E-state index contributed by atoms with van der Waals surface area (Å²) >= 11 is 4.85. The van der Waals surface area contributed by atoms with Gasteiger partial charge in [0, 0.05) is 18.7 Å². The lowest BCUT2D eigenvalue weighted by atomic mass is 10.1. The highest BCUT2D eigenvalue weighted by Crippen LogP contribution is 2.13. The van der Waals surface area contributed by atoms with E-state index in [1.54, 1.807) is 24.3 Å². The average Bonchev–Trinajstić information content (AvgIpc) is 2.70. The van der Waals surface area contributed by atoms with Crippen LogP contribution in [0, 0.1) is 0 Å². The first kappa shape index (κ1) is 13.9. The van der Waals surface area contributed by atoms with E-state index >= 15 is 0 Å². The summed E-state index contributed by atoms with van der Waals surface area (Å²) in [7, 11) is 0. The van der Waals surface area contributed by atoms with E-state index in [0.29, 0.717) is 4.99 Å². The van der Waals surface area contributed by atoms with Gasteiger partial charge < -0.3 is 20.8 Å². The summed E-state index contributed by atoms with van der Waals surface area (Å²) in [4.78, 5) is 13.8. The highest BCUT2D eigenvalue weighted by Gasteiger charge is 2.32. The number of carbonyl (C=O) groups excluding carboxylic acids is 1. The van der Waals surface area contributed by atoms with Gasteiger partial charge >= 0.3 is 0 Å². The Morgan fingerprint density at radius 3 is 2.26 bits per heavy atom. The van der Waals surface area contributed by atoms with Crippen LogP contribution in [0.3, 0.4) is 0 Å². The minimum absolute atomic E-state index is 0.112. The molecule has 1 fully saturated rings. The fourth-order valence-corrected chi connectivity index (χ4v) is 2.18. The van der Waals surface area contributed by atoms with E-state index in [2.05, 4.69) is 0 Å². The molecule has 5 nitrogen and oxygen atoms in total. The Bertz CT molecular complexity index is 479. The number of nitrogens with two attached hydrogens (primary N) is 1. The molecule has 1 aliphatic rings. The lowest BCUT2D eigenvalue weighted by Gasteiger charge is -2.15. The van der Waals surface area contributed by atoms with Crippen LogP contribution in [-0.4, -0.2) is 51.3 Å². The molecule has 1 amide bonds. The number of rotatable bonds is 3. The van der Waals surface area contributed by atoms with E-state index < -0.39 is 12.2 Å². The van der Waals surface area contributed by atoms with E-state index in [-0.39, 0.29) is 25.4 Å². The quantitative estimate of drug-likeness (QED) is 0.645. The maximum Gasteiger partial charge on any atom is 0.227 e. The Morgan fingerprint density at radius 1 is 1.26 bits per heavy atom. The van der Waals surface area contributed by atoms with Gasteiger partial charge in [-0.1, -0.05) is 36.5 Å². The molecule has 0 bridgehead atoms. The predicted molar refractivity (Wildman–Crippen MR) is 74.6 cm³/mol. The van der Waals surface area contributed by atoms with Gasteiger partial charge in [0.1, 0.15) is 4.99 Å². The lowest BCUT2D eigenvalue weighted by molar-refractivity contribution is -0.129. The smallest absolute Gasteiger partial charge is 0.227 e. The third-order valence-corrected chi connectivity index (χ3v) is 3.44. The summed E-state index contributed by atoms with van der Waals surface area (Å²) in [6.45, 7) is 0.371. The second-order valence-electron chi connectivity index (χ2n) is 4.67. The van der Waals surface area contributed by atoms with Gasteiger partial charge in [0.05, 0.1) is 18.6 Å². The number of aliphatic hydroxyl groups excluding tert-OH is 2. The highest BCUT2D eigenvalue weighted by molar-refractivity contribution is 7.80. The molecule has 1 aromatic carbocycles. The predicted octanol–water partition coefficient (Wildman–Crippen LogP) is -0.573. The van der Waals surface area contributed by atoms with Gasteiger partial charge in [0.2, 0.25) is 5.91 Å². The van der Waals surface area contributed by atoms with Crippen LogP contribution in [0.25, 0.3) is 0 Å². The molecule has 0 aliphatic carbocycles. The molecule has 1 saturated heterocycles. The van der Waals surface area contributed by atoms with Crippen LogP contribution in [0.5, 0.6) is 0 Å². The molecule has 0 saturated carbocycles. The second-order valence-corrected chi connectivity index (χ2v) is 5.11. The zero-order valence-corrected chi connectivity index (χ0v) is 11.1. The van der Waals surface area contributed by atoms with Crippen LogP contribution >= 0.6 is 12.2 Å². The summed E-state index contributed by atoms with van der Waals surface area (Å²) in [6, 6.07) is 7.15. The van der Waals surface area contributed by atoms with Crippen LogP contribution in [0.2, 0.25) is 0 Å². The fourth-order valence-electron chi connectivity index (χ4n) is 2.05. The molecular weight excluding hydrogens is 264 g/mol. The van der Waals surface area contributed by atoms with Crippen LogP contribution in [0.15, 0.2) is 24.3 Å². The monoisotopic (exact) mass is 280 g/mol. The highest BCUT2D eigenvalue weighted by atomic mass is 32.1. The minimum atomic E-state index is -0.846. The van der Waals surface area contributed by atoms with Crippen molar-refractivity contribution in [3.8, 4) is 0 Å². The number of aliphatic hydroxyl groups is 2. The lowest BCUT2D eigenvalue weighted by Crippen LogP contribution is -2.31. The molecule has 1 aliphatic heterocycles. The van der Waals surface area contributed by atoms with Crippen LogP contribution in [0.4, 0.5) is 0 Å². The Hall–Kier alpha value is -1.50. The van der Waals surface area contributed by atoms with Gasteiger partial charge in [-0.15, -0.1) is 0 Å². The number of hydrogen-bond acceptors (Lipinski definition) is 4. The van der Waals surface area contributed by atoms with E-state index in [9.17, 15) is 15.0 Å². The number of carbonyl (C=O) groups is 1. The molecule has 2 rings (SSSR count). The van der Waals surface area contributed by atoms with Gasteiger partial charge in [0.25, 0.3) is 0 Å². The molecule has 19 heavy (non-hydrogen) atoms.